The van der Waals surface area contributed by atoms with E-state index in [1.165, 1.54) is 23.7 Å². The number of phenols is 2. The Labute approximate surface area is 275 Å². The van der Waals surface area contributed by atoms with E-state index >= 15 is 0 Å². The van der Waals surface area contributed by atoms with E-state index in [-0.39, 0.29) is 22.9 Å². The average molecular weight is 638 g/mol. The standard InChI is InChI=1S/C38H61N4O2P/c1-27-21-28(17-15-16-20-45(12,41(8)9)42(10)11)22-29(35(27)43)25-39-33-18-13-14-19-34(33)40-26-30-23-31(37(2,3)4)24-32(36(30)44)38(5,6)7/h21-26,33-34H,13-20H2,1-12H3,(H-,39,40,43,44)/p+1. The lowest BCUT2D eigenvalue weighted by Crippen LogP contribution is -2.28. The summed E-state index contributed by atoms with van der Waals surface area (Å²) < 4.78 is 4.81. The minimum atomic E-state index is -1.26. The molecule has 2 aromatic carbocycles. The van der Waals surface area contributed by atoms with Gasteiger partial charge in [0, 0.05) is 57.3 Å². The molecule has 0 aliphatic heterocycles. The molecule has 0 spiro atoms. The Morgan fingerprint density at radius 2 is 1.31 bits per heavy atom. The van der Waals surface area contributed by atoms with Crippen LogP contribution in [-0.4, -0.2) is 85.1 Å². The van der Waals surface area contributed by atoms with E-state index in [9.17, 15) is 10.2 Å². The van der Waals surface area contributed by atoms with Crippen LogP contribution in [0.3, 0.4) is 0 Å². The molecule has 7 heteroatoms. The monoisotopic (exact) mass is 637 g/mol. The predicted octanol–water partition coefficient (Wildman–Crippen LogP) is 8.77. The third kappa shape index (κ3) is 9.62. The molecular formula is C38H62N4O2P+. The normalized spacial score (nSPS) is 18.6. The summed E-state index contributed by atoms with van der Waals surface area (Å²) in [6.45, 7) is 17.4. The number of benzene rings is 2. The van der Waals surface area contributed by atoms with Crippen molar-refractivity contribution < 1.29 is 10.2 Å². The van der Waals surface area contributed by atoms with Crippen molar-refractivity contribution in [2.75, 3.05) is 41.0 Å². The van der Waals surface area contributed by atoms with Gasteiger partial charge in [0.1, 0.15) is 19.1 Å². The molecule has 1 saturated carbocycles. The fourth-order valence-corrected chi connectivity index (χ4v) is 8.51. The van der Waals surface area contributed by atoms with Crippen LogP contribution in [0.15, 0.2) is 34.3 Å². The first-order valence-corrected chi connectivity index (χ1v) is 19.1. The van der Waals surface area contributed by atoms with Crippen molar-refractivity contribution in [1.82, 2.24) is 9.34 Å². The molecule has 250 valence electrons. The lowest BCUT2D eigenvalue weighted by Gasteiger charge is -2.33. The fourth-order valence-electron chi connectivity index (χ4n) is 6.18. The highest BCUT2D eigenvalue weighted by atomic mass is 31.2. The molecule has 45 heavy (non-hydrogen) atoms. The molecule has 0 heterocycles. The van der Waals surface area contributed by atoms with E-state index in [4.69, 9.17) is 9.98 Å². The molecule has 0 saturated heterocycles. The zero-order valence-electron chi connectivity index (χ0n) is 30.4. The van der Waals surface area contributed by atoms with Gasteiger partial charge in [-0.25, -0.2) is 0 Å². The van der Waals surface area contributed by atoms with Crippen LogP contribution in [0.1, 0.15) is 113 Å². The first-order valence-electron chi connectivity index (χ1n) is 16.8. The third-order valence-electron chi connectivity index (χ3n) is 9.73. The number of aromatic hydroxyl groups is 2. The van der Waals surface area contributed by atoms with Gasteiger partial charge in [-0.2, -0.15) is 9.34 Å². The van der Waals surface area contributed by atoms with Gasteiger partial charge in [-0.1, -0.05) is 66.5 Å². The largest absolute Gasteiger partial charge is 0.507 e. The minimum Gasteiger partial charge on any atom is -0.507 e. The van der Waals surface area contributed by atoms with Crippen molar-refractivity contribution in [3.63, 3.8) is 0 Å². The SMILES string of the molecule is Cc1cc(CCCC[P+](C)(N(C)C)N(C)C)cc(C=NC2CCCCC2N=Cc2cc(C(C)(C)C)cc(C(C)(C)C)c2O)c1O. The molecule has 2 aromatic rings. The molecule has 3 rings (SSSR count). The van der Waals surface area contributed by atoms with Gasteiger partial charge in [0.05, 0.1) is 24.9 Å². The van der Waals surface area contributed by atoms with Gasteiger partial charge in [-0.05, 0) is 78.7 Å². The molecule has 0 bridgehead atoms. The number of phenolic OH excluding ortho intramolecular Hbond substituents is 2. The number of aliphatic imine (C=N–C) groups is 2. The number of hydrogen-bond donors (Lipinski definition) is 2. The maximum atomic E-state index is 11.3. The molecular weight excluding hydrogens is 575 g/mol. The third-order valence-corrected chi connectivity index (χ3v) is 14.3. The van der Waals surface area contributed by atoms with Crippen LogP contribution in [0, 0.1) is 6.92 Å². The predicted molar refractivity (Wildman–Crippen MR) is 198 cm³/mol. The zero-order chi connectivity index (χ0) is 33.7. The highest BCUT2D eigenvalue weighted by Gasteiger charge is 2.37. The first-order chi connectivity index (χ1) is 20.8. The van der Waals surface area contributed by atoms with Crippen LogP contribution in [-0.2, 0) is 17.3 Å². The van der Waals surface area contributed by atoms with E-state index < -0.39 is 7.56 Å². The Bertz CT molecular complexity index is 1340. The molecule has 0 radical (unpaired) electrons. The van der Waals surface area contributed by atoms with E-state index in [2.05, 4.69) is 110 Å². The second-order valence-electron chi connectivity index (χ2n) is 15.8. The Morgan fingerprint density at radius 3 is 1.80 bits per heavy atom. The van der Waals surface area contributed by atoms with Crippen LogP contribution >= 0.6 is 7.56 Å². The van der Waals surface area contributed by atoms with Gasteiger partial charge >= 0.3 is 0 Å². The second-order valence-corrected chi connectivity index (χ2v) is 20.0. The summed E-state index contributed by atoms with van der Waals surface area (Å²) in [6.07, 6.45) is 12.4. The first kappa shape index (κ1) is 37.2. The van der Waals surface area contributed by atoms with Gasteiger partial charge in [-0.3, -0.25) is 9.98 Å². The molecule has 2 unspecified atom stereocenters. The molecule has 0 aromatic heterocycles. The molecule has 6 nitrogen and oxygen atoms in total. The van der Waals surface area contributed by atoms with Crippen molar-refractivity contribution in [2.24, 2.45) is 9.98 Å². The van der Waals surface area contributed by atoms with Gasteiger partial charge in [0.25, 0.3) is 0 Å². The highest BCUT2D eigenvalue weighted by molar-refractivity contribution is 7.70. The Kier molecular flexibility index (Phi) is 12.5. The summed E-state index contributed by atoms with van der Waals surface area (Å²) >= 11 is 0. The lowest BCUT2D eigenvalue weighted by atomic mass is 9.79. The zero-order valence-corrected chi connectivity index (χ0v) is 31.3. The average Bonchev–Trinajstić information content (AvgIpc) is 2.94. The van der Waals surface area contributed by atoms with Gasteiger partial charge in [-0.15, -0.1) is 0 Å². The van der Waals surface area contributed by atoms with Crippen LogP contribution in [0.25, 0.3) is 0 Å². The molecule has 1 aliphatic rings. The van der Waals surface area contributed by atoms with Crippen LogP contribution in [0.4, 0.5) is 0 Å². The number of aryl methyl sites for hydroxylation is 2. The molecule has 2 N–H and O–H groups in total. The molecule has 1 fully saturated rings. The van der Waals surface area contributed by atoms with E-state index in [1.807, 2.05) is 19.4 Å². The van der Waals surface area contributed by atoms with E-state index in [1.54, 1.807) is 0 Å². The Morgan fingerprint density at radius 1 is 0.778 bits per heavy atom. The fraction of sp³-hybridized carbons (Fsp3) is 0.632. The van der Waals surface area contributed by atoms with Crippen molar-refractivity contribution in [1.29, 1.82) is 0 Å². The highest BCUT2D eigenvalue weighted by Crippen LogP contribution is 2.59. The summed E-state index contributed by atoms with van der Waals surface area (Å²) in [5.41, 5.74) is 5.65. The molecule has 1 aliphatic carbocycles. The molecule has 0 amide bonds. The maximum absolute atomic E-state index is 11.3. The summed E-state index contributed by atoms with van der Waals surface area (Å²) in [4.78, 5) is 10.1. The van der Waals surface area contributed by atoms with Gasteiger partial charge in [0.15, 0.2) is 0 Å². The summed E-state index contributed by atoms with van der Waals surface area (Å²) in [7, 11) is 7.52. The summed E-state index contributed by atoms with van der Waals surface area (Å²) in [5.74, 6) is 0.637. The minimum absolute atomic E-state index is 0.0387. The quantitative estimate of drug-likeness (QED) is 0.147. The van der Waals surface area contributed by atoms with Crippen molar-refractivity contribution in [2.45, 2.75) is 116 Å². The van der Waals surface area contributed by atoms with Gasteiger partial charge < -0.3 is 10.2 Å². The topological polar surface area (TPSA) is 71.7 Å². The number of rotatable bonds is 11. The second kappa shape index (κ2) is 15.1. The Hall–Kier alpha value is -2.27. The van der Waals surface area contributed by atoms with Gasteiger partial charge in [0.2, 0.25) is 0 Å². The summed E-state index contributed by atoms with van der Waals surface area (Å²) in [6, 6.07) is 8.56. The van der Waals surface area contributed by atoms with Crippen molar-refractivity contribution >= 4 is 20.0 Å². The maximum Gasteiger partial charge on any atom is 0.148 e. The smallest absolute Gasteiger partial charge is 0.148 e. The number of nitrogens with zero attached hydrogens (tertiary/aromatic N) is 4. The van der Waals surface area contributed by atoms with Crippen LogP contribution in [0.5, 0.6) is 11.5 Å². The lowest BCUT2D eigenvalue weighted by molar-refractivity contribution is 0.390. The van der Waals surface area contributed by atoms with Crippen LogP contribution in [0.2, 0.25) is 0 Å². The summed E-state index contributed by atoms with van der Waals surface area (Å²) in [5, 5.41) is 22.2. The number of hydrogen-bond acceptors (Lipinski definition) is 6. The van der Waals surface area contributed by atoms with E-state index in [0.717, 1.165) is 60.8 Å². The van der Waals surface area contributed by atoms with E-state index in [0.29, 0.717) is 11.5 Å². The van der Waals surface area contributed by atoms with Crippen molar-refractivity contribution in [3.05, 3.63) is 57.6 Å². The Balaban J connectivity index is 1.79. The van der Waals surface area contributed by atoms with Crippen LogP contribution < -0.4 is 0 Å². The number of unbranched alkanes of at least 4 members (excludes halogenated alkanes) is 1. The molecule has 2 atom stereocenters. The van der Waals surface area contributed by atoms with Crippen molar-refractivity contribution in [3.8, 4) is 11.5 Å².